The van der Waals surface area contributed by atoms with E-state index in [2.05, 4.69) is 0 Å². The van der Waals surface area contributed by atoms with Gasteiger partial charge in [0.1, 0.15) is 5.92 Å². The molecular formula is C6H9F2NO2. The fourth-order valence-electron chi connectivity index (χ4n) is 0.499. The summed E-state index contributed by atoms with van der Waals surface area (Å²) in [5, 5.41) is 8.20. The molecule has 0 bridgehead atoms. The fourth-order valence-corrected chi connectivity index (χ4v) is 0.499. The minimum absolute atomic E-state index is 0.0660. The van der Waals surface area contributed by atoms with E-state index in [4.69, 9.17) is 10.8 Å². The van der Waals surface area contributed by atoms with Crippen molar-refractivity contribution >= 4 is 5.97 Å². The molecule has 11 heavy (non-hydrogen) atoms. The van der Waals surface area contributed by atoms with E-state index in [1.807, 2.05) is 0 Å². The molecule has 0 aromatic rings. The normalized spacial score (nSPS) is 14.2. The summed E-state index contributed by atoms with van der Waals surface area (Å²) in [6.07, 6.45) is -0.784. The maximum Gasteiger partial charge on any atom is 0.316 e. The predicted octanol–water partition coefficient (Wildman–Crippen LogP) is 0.467. The van der Waals surface area contributed by atoms with Gasteiger partial charge in [-0.25, -0.2) is 8.78 Å². The average molecular weight is 165 g/mol. The van der Waals surface area contributed by atoms with Crippen LogP contribution in [-0.2, 0) is 4.79 Å². The lowest BCUT2D eigenvalue weighted by atomic mass is 10.1. The van der Waals surface area contributed by atoms with Crippen molar-refractivity contribution in [2.24, 2.45) is 11.7 Å². The van der Waals surface area contributed by atoms with Crippen LogP contribution in [0.25, 0.3) is 0 Å². The van der Waals surface area contributed by atoms with Gasteiger partial charge in [-0.05, 0) is 0 Å². The summed E-state index contributed by atoms with van der Waals surface area (Å²) in [6.45, 7) is 0.0660. The molecule has 0 aliphatic carbocycles. The second-order valence-corrected chi connectivity index (χ2v) is 1.86. The molecule has 1 atom stereocenters. The van der Waals surface area contributed by atoms with Crippen LogP contribution in [0.4, 0.5) is 8.78 Å². The number of carboxylic acid groups (broad SMARTS) is 1. The lowest BCUT2D eigenvalue weighted by molar-refractivity contribution is -0.144. The molecule has 64 valence electrons. The average Bonchev–Trinajstić information content (AvgIpc) is 1.87. The molecule has 0 aliphatic rings. The van der Waals surface area contributed by atoms with Gasteiger partial charge in [0.2, 0.25) is 0 Å². The molecule has 0 amide bonds. The molecule has 0 aliphatic heterocycles. The van der Waals surface area contributed by atoms with Gasteiger partial charge in [0.15, 0.2) is 0 Å². The SMILES string of the molecule is NCC=CC(C(=O)O)C(F)F. The Kier molecular flexibility index (Phi) is 4.36. The number of carboxylic acids is 1. The van der Waals surface area contributed by atoms with Crippen LogP contribution in [0.1, 0.15) is 0 Å². The van der Waals surface area contributed by atoms with E-state index >= 15 is 0 Å². The molecule has 0 aromatic heterocycles. The summed E-state index contributed by atoms with van der Waals surface area (Å²) in [4.78, 5) is 10.1. The maximum absolute atomic E-state index is 11.8. The van der Waals surface area contributed by atoms with E-state index in [-0.39, 0.29) is 6.54 Å². The Balaban J connectivity index is 4.11. The van der Waals surface area contributed by atoms with Crippen molar-refractivity contribution in [3.8, 4) is 0 Å². The minimum atomic E-state index is -2.88. The van der Waals surface area contributed by atoms with Crippen molar-refractivity contribution < 1.29 is 18.7 Å². The number of hydrogen-bond donors (Lipinski definition) is 2. The summed E-state index contributed by atoms with van der Waals surface area (Å²) in [7, 11) is 0. The van der Waals surface area contributed by atoms with Crippen molar-refractivity contribution in [2.75, 3.05) is 6.54 Å². The molecule has 1 unspecified atom stereocenters. The molecule has 0 saturated heterocycles. The quantitative estimate of drug-likeness (QED) is 0.595. The Morgan fingerprint density at radius 2 is 2.18 bits per heavy atom. The first-order chi connectivity index (χ1) is 5.09. The molecule has 0 aromatic carbocycles. The molecule has 0 radical (unpaired) electrons. The summed E-state index contributed by atoms with van der Waals surface area (Å²) in [6, 6.07) is 0. The highest BCUT2D eigenvalue weighted by atomic mass is 19.3. The number of rotatable bonds is 4. The highest BCUT2D eigenvalue weighted by Crippen LogP contribution is 2.10. The molecule has 3 N–H and O–H groups in total. The van der Waals surface area contributed by atoms with Gasteiger partial charge < -0.3 is 10.8 Å². The number of halogens is 2. The van der Waals surface area contributed by atoms with Crippen LogP contribution in [0.5, 0.6) is 0 Å². The number of hydrogen-bond acceptors (Lipinski definition) is 2. The number of alkyl halides is 2. The molecule has 5 heteroatoms. The smallest absolute Gasteiger partial charge is 0.316 e. The van der Waals surface area contributed by atoms with Gasteiger partial charge in [-0.3, -0.25) is 4.79 Å². The monoisotopic (exact) mass is 165 g/mol. The van der Waals surface area contributed by atoms with Crippen molar-refractivity contribution in [3.05, 3.63) is 12.2 Å². The van der Waals surface area contributed by atoms with Crippen LogP contribution in [0.2, 0.25) is 0 Å². The Labute approximate surface area is 62.5 Å². The Hall–Kier alpha value is -0.970. The first kappa shape index (κ1) is 10.0. The topological polar surface area (TPSA) is 63.3 Å². The third-order valence-electron chi connectivity index (χ3n) is 1.04. The van der Waals surface area contributed by atoms with Gasteiger partial charge in [0.05, 0.1) is 0 Å². The van der Waals surface area contributed by atoms with E-state index in [9.17, 15) is 13.6 Å². The number of nitrogens with two attached hydrogens (primary N) is 1. The van der Waals surface area contributed by atoms with Crippen molar-refractivity contribution in [3.63, 3.8) is 0 Å². The Morgan fingerprint density at radius 3 is 2.45 bits per heavy atom. The standard InChI is InChI=1S/C6H9F2NO2/c7-5(8)4(6(10)11)2-1-3-9/h1-2,4-5H,3,9H2,(H,10,11). The maximum atomic E-state index is 11.8. The van der Waals surface area contributed by atoms with E-state index in [1.54, 1.807) is 0 Å². The summed E-state index contributed by atoms with van der Waals surface area (Å²) in [5.41, 5.74) is 4.95. The van der Waals surface area contributed by atoms with E-state index < -0.39 is 18.3 Å². The summed E-state index contributed by atoms with van der Waals surface area (Å²) >= 11 is 0. The van der Waals surface area contributed by atoms with Crippen LogP contribution >= 0.6 is 0 Å². The molecular weight excluding hydrogens is 156 g/mol. The van der Waals surface area contributed by atoms with Gasteiger partial charge >= 0.3 is 5.97 Å². The lowest BCUT2D eigenvalue weighted by Gasteiger charge is -2.03. The lowest BCUT2D eigenvalue weighted by Crippen LogP contribution is -2.19. The van der Waals surface area contributed by atoms with E-state index in [0.29, 0.717) is 0 Å². The molecule has 0 spiro atoms. The van der Waals surface area contributed by atoms with Gasteiger partial charge in [0, 0.05) is 6.54 Å². The number of carbonyl (C=O) groups is 1. The molecule has 3 nitrogen and oxygen atoms in total. The third kappa shape index (κ3) is 3.67. The van der Waals surface area contributed by atoms with Crippen LogP contribution in [0.15, 0.2) is 12.2 Å². The van der Waals surface area contributed by atoms with E-state index in [0.717, 1.165) is 6.08 Å². The van der Waals surface area contributed by atoms with Crippen LogP contribution in [-0.4, -0.2) is 24.0 Å². The molecule has 0 rings (SSSR count). The number of aliphatic carboxylic acids is 1. The van der Waals surface area contributed by atoms with Crippen LogP contribution in [0, 0.1) is 5.92 Å². The molecule has 0 heterocycles. The first-order valence-corrected chi connectivity index (χ1v) is 2.97. The van der Waals surface area contributed by atoms with Crippen molar-refractivity contribution in [1.82, 2.24) is 0 Å². The summed E-state index contributed by atoms with van der Waals surface area (Å²) < 4.78 is 23.6. The summed E-state index contributed by atoms with van der Waals surface area (Å²) in [5.74, 6) is -3.27. The van der Waals surface area contributed by atoms with Gasteiger partial charge in [0.25, 0.3) is 6.43 Å². The predicted molar refractivity (Wildman–Crippen MR) is 35.3 cm³/mol. The minimum Gasteiger partial charge on any atom is -0.481 e. The molecule has 0 saturated carbocycles. The van der Waals surface area contributed by atoms with Crippen molar-refractivity contribution in [2.45, 2.75) is 6.43 Å². The Morgan fingerprint density at radius 1 is 1.64 bits per heavy atom. The zero-order valence-corrected chi connectivity index (χ0v) is 5.71. The van der Waals surface area contributed by atoms with E-state index in [1.165, 1.54) is 6.08 Å². The zero-order valence-electron chi connectivity index (χ0n) is 5.71. The van der Waals surface area contributed by atoms with Crippen LogP contribution in [0.3, 0.4) is 0 Å². The zero-order chi connectivity index (χ0) is 8.85. The fraction of sp³-hybridized carbons (Fsp3) is 0.500. The highest BCUT2D eigenvalue weighted by molar-refractivity contribution is 5.72. The second-order valence-electron chi connectivity index (χ2n) is 1.86. The van der Waals surface area contributed by atoms with Crippen LogP contribution < -0.4 is 5.73 Å². The first-order valence-electron chi connectivity index (χ1n) is 2.97. The van der Waals surface area contributed by atoms with Crippen molar-refractivity contribution in [1.29, 1.82) is 0 Å². The van der Waals surface area contributed by atoms with Gasteiger partial charge in [-0.1, -0.05) is 12.2 Å². The molecule has 0 fully saturated rings. The van der Waals surface area contributed by atoms with Gasteiger partial charge in [-0.2, -0.15) is 0 Å². The largest absolute Gasteiger partial charge is 0.481 e. The third-order valence-corrected chi connectivity index (χ3v) is 1.04. The Bertz CT molecular complexity index is 159. The van der Waals surface area contributed by atoms with Gasteiger partial charge in [-0.15, -0.1) is 0 Å². The second kappa shape index (κ2) is 4.79. The highest BCUT2D eigenvalue weighted by Gasteiger charge is 2.24.